The first-order chi connectivity index (χ1) is 13.7. The van der Waals surface area contributed by atoms with Crippen LogP contribution in [-0.4, -0.2) is 64.3 Å². The minimum absolute atomic E-state index is 0.161. The van der Waals surface area contributed by atoms with Crippen LogP contribution in [0.3, 0.4) is 0 Å². The number of fused-ring (bicyclic) bond motifs is 1. The highest BCUT2D eigenvalue weighted by Crippen LogP contribution is 2.46. The fourth-order valence-corrected chi connectivity index (χ4v) is 4.52. The fraction of sp³-hybridized carbons (Fsp3) is 0.412. The van der Waals surface area contributed by atoms with Crippen molar-refractivity contribution in [3.05, 3.63) is 35.4 Å². The Bertz CT molecular complexity index is 883. The number of furan rings is 1. The van der Waals surface area contributed by atoms with Crippen molar-refractivity contribution >= 4 is 35.5 Å². The van der Waals surface area contributed by atoms with E-state index in [1.807, 2.05) is 0 Å². The molecule has 3 heterocycles. The Morgan fingerprint density at radius 1 is 1.52 bits per heavy atom. The van der Waals surface area contributed by atoms with Gasteiger partial charge in [0.05, 0.1) is 6.26 Å². The highest BCUT2D eigenvalue weighted by Gasteiger charge is 2.66. The summed E-state index contributed by atoms with van der Waals surface area (Å²) in [5, 5.41) is 11.2. The lowest BCUT2D eigenvalue weighted by Gasteiger charge is -2.55. The molecule has 0 saturated carbocycles. The van der Waals surface area contributed by atoms with Crippen LogP contribution in [0.4, 0.5) is 0 Å². The van der Waals surface area contributed by atoms with Crippen molar-refractivity contribution in [3.8, 4) is 0 Å². The van der Waals surface area contributed by atoms with E-state index in [9.17, 15) is 24.3 Å². The van der Waals surface area contributed by atoms with E-state index in [0.29, 0.717) is 0 Å². The van der Waals surface area contributed by atoms with E-state index in [2.05, 4.69) is 5.32 Å². The third-order valence-corrected chi connectivity index (χ3v) is 5.90. The number of hydrogen-bond acceptors (Lipinski definition) is 9. The van der Waals surface area contributed by atoms with Crippen LogP contribution < -0.4 is 11.1 Å². The molecule has 2 aliphatic heterocycles. The van der Waals surface area contributed by atoms with Crippen LogP contribution in [0.5, 0.6) is 0 Å². The standard InChI is InChI=1S/C17H19N3O8S/c1-8(21)28-6-9-7-29-16-17(26-2,15(25)20(16)12(9)14(23)24)19-13(22)11(18)10-4-3-5-27-10/h3-5,11,16H,6-7,18H2,1-2H3,(H,19,22)(H,23,24)/t11?,16-,17-/m0/s1. The van der Waals surface area contributed by atoms with Gasteiger partial charge in [0.15, 0.2) is 0 Å². The third-order valence-electron chi connectivity index (χ3n) is 4.53. The molecule has 0 aliphatic carbocycles. The van der Waals surface area contributed by atoms with Crippen molar-refractivity contribution in [2.24, 2.45) is 5.73 Å². The third kappa shape index (κ3) is 3.50. The largest absolute Gasteiger partial charge is 0.477 e. The zero-order chi connectivity index (χ0) is 21.3. The number of aliphatic carboxylic acids is 1. The smallest absolute Gasteiger partial charge is 0.352 e. The molecular weight excluding hydrogens is 406 g/mol. The minimum atomic E-state index is -1.78. The molecule has 29 heavy (non-hydrogen) atoms. The van der Waals surface area contributed by atoms with Crippen LogP contribution in [0, 0.1) is 0 Å². The summed E-state index contributed by atoms with van der Waals surface area (Å²) in [5.41, 5.74) is 4.05. The maximum Gasteiger partial charge on any atom is 0.352 e. The Hall–Kier alpha value is -2.83. The number of carbonyl (C=O) groups excluding carboxylic acids is 3. The van der Waals surface area contributed by atoms with Gasteiger partial charge >= 0.3 is 11.9 Å². The van der Waals surface area contributed by atoms with E-state index < -0.39 is 40.9 Å². The maximum atomic E-state index is 12.9. The molecule has 2 aliphatic rings. The van der Waals surface area contributed by atoms with Gasteiger partial charge in [-0.25, -0.2) is 4.79 Å². The predicted molar refractivity (Wildman–Crippen MR) is 97.9 cm³/mol. The average Bonchev–Trinajstić information content (AvgIpc) is 3.23. The Kier molecular flexibility index (Phi) is 5.68. The quantitative estimate of drug-likeness (QED) is 0.296. The zero-order valence-corrected chi connectivity index (χ0v) is 16.4. The van der Waals surface area contributed by atoms with Gasteiger partial charge in [0, 0.05) is 25.4 Å². The number of esters is 1. The molecule has 1 aromatic rings. The molecule has 0 radical (unpaired) electrons. The van der Waals surface area contributed by atoms with Crippen molar-refractivity contribution in [2.75, 3.05) is 19.5 Å². The number of thioether (sulfide) groups is 1. The molecule has 3 atom stereocenters. The maximum absolute atomic E-state index is 12.9. The highest BCUT2D eigenvalue weighted by atomic mass is 32.2. The van der Waals surface area contributed by atoms with Crippen molar-refractivity contribution in [1.29, 1.82) is 0 Å². The first-order valence-electron chi connectivity index (χ1n) is 8.43. The number of ether oxygens (including phenoxy) is 2. The minimum Gasteiger partial charge on any atom is -0.477 e. The molecule has 2 amide bonds. The van der Waals surface area contributed by atoms with Crippen molar-refractivity contribution in [1.82, 2.24) is 10.2 Å². The number of nitrogens with one attached hydrogen (secondary N) is 1. The SMILES string of the molecule is CO[C@@]1(NC(=O)C(N)c2ccco2)C(=O)N2C(C(=O)O)=C(COC(C)=O)CS[C@H]21. The van der Waals surface area contributed by atoms with Gasteiger partial charge in [-0.05, 0) is 12.1 Å². The topological polar surface area (TPSA) is 161 Å². The number of rotatable bonds is 7. The van der Waals surface area contributed by atoms with Crippen LogP contribution in [0.25, 0.3) is 0 Å². The molecule has 3 rings (SSSR count). The lowest BCUT2D eigenvalue weighted by Crippen LogP contribution is -2.81. The predicted octanol–water partition coefficient (Wildman–Crippen LogP) is -0.445. The number of carbonyl (C=O) groups is 4. The number of nitrogens with two attached hydrogens (primary N) is 1. The number of methoxy groups -OCH3 is 1. The molecule has 1 aromatic heterocycles. The van der Waals surface area contributed by atoms with E-state index >= 15 is 0 Å². The second-order valence-electron chi connectivity index (χ2n) is 6.30. The number of carboxylic acid groups (broad SMARTS) is 1. The van der Waals surface area contributed by atoms with Gasteiger partial charge < -0.3 is 30.0 Å². The first kappa shape index (κ1) is 20.9. The number of β-lactam (4-membered cyclic amide) rings is 1. The van der Waals surface area contributed by atoms with Gasteiger partial charge in [0.25, 0.3) is 11.6 Å². The molecule has 1 saturated heterocycles. The first-order valence-corrected chi connectivity index (χ1v) is 9.48. The lowest BCUT2D eigenvalue weighted by molar-refractivity contribution is -0.193. The molecule has 1 fully saturated rings. The van der Waals surface area contributed by atoms with Crippen LogP contribution in [0.1, 0.15) is 18.7 Å². The second-order valence-corrected chi connectivity index (χ2v) is 7.37. The van der Waals surface area contributed by atoms with Crippen LogP contribution >= 0.6 is 11.8 Å². The second kappa shape index (κ2) is 7.89. The summed E-state index contributed by atoms with van der Waals surface area (Å²) in [7, 11) is 1.23. The Morgan fingerprint density at radius 2 is 2.24 bits per heavy atom. The van der Waals surface area contributed by atoms with Crippen molar-refractivity contribution in [2.45, 2.75) is 24.1 Å². The molecule has 0 aromatic carbocycles. The van der Waals surface area contributed by atoms with Gasteiger partial charge in [-0.3, -0.25) is 19.3 Å². The molecule has 12 heteroatoms. The highest BCUT2D eigenvalue weighted by molar-refractivity contribution is 8.00. The molecule has 0 spiro atoms. The number of amides is 2. The van der Waals surface area contributed by atoms with Crippen LogP contribution in [-0.2, 0) is 28.7 Å². The summed E-state index contributed by atoms with van der Waals surface area (Å²) in [6, 6.07) is 1.90. The van der Waals surface area contributed by atoms with Crippen LogP contribution in [0.15, 0.2) is 34.1 Å². The normalized spacial score (nSPS) is 24.4. The van der Waals surface area contributed by atoms with Gasteiger partial charge in [-0.1, -0.05) is 0 Å². The summed E-state index contributed by atoms with van der Waals surface area (Å²) in [5.74, 6) is -3.06. The van der Waals surface area contributed by atoms with Gasteiger partial charge in [0.1, 0.15) is 29.5 Å². The van der Waals surface area contributed by atoms with Crippen molar-refractivity contribution < 1.29 is 38.2 Å². The van der Waals surface area contributed by atoms with Gasteiger partial charge in [-0.2, -0.15) is 0 Å². The zero-order valence-electron chi connectivity index (χ0n) is 15.5. The van der Waals surface area contributed by atoms with Gasteiger partial charge in [0.2, 0.25) is 5.91 Å². The van der Waals surface area contributed by atoms with E-state index in [1.54, 1.807) is 6.07 Å². The molecular formula is C17H19N3O8S. The molecule has 4 N–H and O–H groups in total. The van der Waals surface area contributed by atoms with E-state index in [4.69, 9.17) is 19.6 Å². The summed E-state index contributed by atoms with van der Waals surface area (Å²) >= 11 is 1.17. The van der Waals surface area contributed by atoms with E-state index in [1.165, 1.54) is 38.1 Å². The Morgan fingerprint density at radius 3 is 2.79 bits per heavy atom. The lowest BCUT2D eigenvalue weighted by atomic mass is 9.97. The monoisotopic (exact) mass is 425 g/mol. The molecule has 156 valence electrons. The summed E-state index contributed by atoms with van der Waals surface area (Å²) in [6.45, 7) is 0.943. The van der Waals surface area contributed by atoms with Gasteiger partial charge in [-0.15, -0.1) is 11.8 Å². The number of hydrogen-bond donors (Lipinski definition) is 3. The van der Waals surface area contributed by atoms with Crippen LogP contribution in [0.2, 0.25) is 0 Å². The fourth-order valence-electron chi connectivity index (χ4n) is 3.10. The summed E-state index contributed by atoms with van der Waals surface area (Å²) < 4.78 is 15.3. The molecule has 11 nitrogen and oxygen atoms in total. The van der Waals surface area contributed by atoms with E-state index in [-0.39, 0.29) is 29.4 Å². The average molecular weight is 425 g/mol. The Balaban J connectivity index is 1.84. The molecule has 1 unspecified atom stereocenters. The number of nitrogens with zero attached hydrogens (tertiary/aromatic N) is 1. The Labute approximate surface area is 169 Å². The van der Waals surface area contributed by atoms with E-state index in [0.717, 1.165) is 4.90 Å². The summed E-state index contributed by atoms with van der Waals surface area (Å²) in [6.07, 6.45) is 1.36. The summed E-state index contributed by atoms with van der Waals surface area (Å²) in [4.78, 5) is 49.3. The molecule has 0 bridgehead atoms. The number of carboxylic acids is 1. The van der Waals surface area contributed by atoms with Crippen molar-refractivity contribution in [3.63, 3.8) is 0 Å².